The number of nitrogens with one attached hydrogen (secondary N) is 2. The first kappa shape index (κ1) is 13.3. The highest BCUT2D eigenvalue weighted by Crippen LogP contribution is 2.18. The van der Waals surface area contributed by atoms with Crippen LogP contribution in [-0.4, -0.2) is 36.6 Å². The number of methoxy groups -OCH3 is 1. The molecular formula is C13H17N3O3. The number of hydrogen-bond acceptors (Lipinski definition) is 5. The summed E-state index contributed by atoms with van der Waals surface area (Å²) in [7, 11) is 1.31. The number of pyridine rings is 1. The van der Waals surface area contributed by atoms with Gasteiger partial charge >= 0.3 is 5.97 Å². The van der Waals surface area contributed by atoms with Crippen molar-refractivity contribution in [3.05, 3.63) is 24.0 Å². The van der Waals surface area contributed by atoms with Gasteiger partial charge < -0.3 is 15.4 Å². The molecule has 2 N–H and O–H groups in total. The van der Waals surface area contributed by atoms with Gasteiger partial charge in [-0.25, -0.2) is 9.78 Å². The molecule has 0 saturated heterocycles. The summed E-state index contributed by atoms with van der Waals surface area (Å²) in [6.07, 6.45) is 4.11. The fraction of sp³-hybridized carbons (Fsp3) is 0.462. The summed E-state index contributed by atoms with van der Waals surface area (Å²) in [4.78, 5) is 26.7. The first-order chi connectivity index (χ1) is 9.19. The average molecular weight is 263 g/mol. The third-order valence-corrected chi connectivity index (χ3v) is 2.78. The van der Waals surface area contributed by atoms with E-state index in [0.29, 0.717) is 19.0 Å². The van der Waals surface area contributed by atoms with Crippen molar-refractivity contribution in [1.29, 1.82) is 0 Å². The van der Waals surface area contributed by atoms with E-state index in [1.165, 1.54) is 13.3 Å². The van der Waals surface area contributed by atoms with Gasteiger partial charge in [0.1, 0.15) is 5.69 Å². The van der Waals surface area contributed by atoms with Gasteiger partial charge in [0.25, 0.3) is 0 Å². The van der Waals surface area contributed by atoms with Crippen LogP contribution in [0.25, 0.3) is 0 Å². The molecule has 0 aromatic carbocycles. The standard InChI is InChI=1S/C13H17N3O3/c1-19-13(18)11-8-10(4-6-15-11)14-7-5-12(17)16-9-2-3-9/h4,6,8-9H,2-3,5,7H2,1H3,(H,14,15)(H,16,17). The molecule has 102 valence electrons. The van der Waals surface area contributed by atoms with Gasteiger partial charge in [-0.05, 0) is 25.0 Å². The van der Waals surface area contributed by atoms with E-state index in [1.807, 2.05) is 0 Å². The molecule has 0 bridgehead atoms. The van der Waals surface area contributed by atoms with Crippen LogP contribution in [0.4, 0.5) is 5.69 Å². The number of ether oxygens (including phenoxy) is 1. The van der Waals surface area contributed by atoms with Gasteiger partial charge in [0.05, 0.1) is 7.11 Å². The molecule has 1 heterocycles. The summed E-state index contributed by atoms with van der Waals surface area (Å²) in [6.45, 7) is 0.517. The Morgan fingerprint density at radius 1 is 1.47 bits per heavy atom. The maximum absolute atomic E-state index is 11.5. The lowest BCUT2D eigenvalue weighted by Gasteiger charge is -2.07. The maximum atomic E-state index is 11.5. The summed E-state index contributed by atoms with van der Waals surface area (Å²) in [5, 5.41) is 5.99. The van der Waals surface area contributed by atoms with Gasteiger partial charge in [-0.2, -0.15) is 0 Å². The molecule has 6 heteroatoms. The Labute approximate surface area is 111 Å². The second-order valence-corrected chi connectivity index (χ2v) is 4.44. The van der Waals surface area contributed by atoms with E-state index in [-0.39, 0.29) is 11.6 Å². The summed E-state index contributed by atoms with van der Waals surface area (Å²) < 4.78 is 4.59. The van der Waals surface area contributed by atoms with E-state index < -0.39 is 5.97 Å². The predicted octanol–water partition coefficient (Wildman–Crippen LogP) is 0.949. The highest BCUT2D eigenvalue weighted by atomic mass is 16.5. The number of esters is 1. The molecule has 1 saturated carbocycles. The Bertz CT molecular complexity index is 472. The molecule has 1 fully saturated rings. The molecule has 0 radical (unpaired) electrons. The second-order valence-electron chi connectivity index (χ2n) is 4.44. The van der Waals surface area contributed by atoms with Crippen molar-refractivity contribution < 1.29 is 14.3 Å². The molecule has 0 spiro atoms. The number of rotatable bonds is 6. The predicted molar refractivity (Wildman–Crippen MR) is 69.8 cm³/mol. The lowest BCUT2D eigenvalue weighted by atomic mass is 10.3. The Morgan fingerprint density at radius 3 is 2.95 bits per heavy atom. The first-order valence-corrected chi connectivity index (χ1v) is 6.26. The van der Waals surface area contributed by atoms with Crippen LogP contribution in [0.5, 0.6) is 0 Å². The number of aromatic nitrogens is 1. The Balaban J connectivity index is 1.78. The topological polar surface area (TPSA) is 80.3 Å². The Kier molecular flexibility index (Phi) is 4.33. The smallest absolute Gasteiger partial charge is 0.356 e. The largest absolute Gasteiger partial charge is 0.464 e. The normalized spacial score (nSPS) is 13.7. The SMILES string of the molecule is COC(=O)c1cc(NCCC(=O)NC2CC2)ccn1. The Morgan fingerprint density at radius 2 is 2.26 bits per heavy atom. The van der Waals surface area contributed by atoms with Crippen molar-refractivity contribution in [1.82, 2.24) is 10.3 Å². The van der Waals surface area contributed by atoms with E-state index in [9.17, 15) is 9.59 Å². The van der Waals surface area contributed by atoms with Gasteiger partial charge in [0.2, 0.25) is 5.91 Å². The summed E-state index contributed by atoms with van der Waals surface area (Å²) in [5.41, 5.74) is 0.990. The van der Waals surface area contributed by atoms with Crippen LogP contribution < -0.4 is 10.6 Å². The van der Waals surface area contributed by atoms with Gasteiger partial charge in [-0.1, -0.05) is 0 Å². The zero-order valence-electron chi connectivity index (χ0n) is 10.8. The van der Waals surface area contributed by atoms with Crippen molar-refractivity contribution in [3.63, 3.8) is 0 Å². The van der Waals surface area contributed by atoms with Crippen molar-refractivity contribution in [2.45, 2.75) is 25.3 Å². The van der Waals surface area contributed by atoms with Gasteiger partial charge in [-0.15, -0.1) is 0 Å². The molecule has 1 aliphatic carbocycles. The number of amides is 1. The van der Waals surface area contributed by atoms with Crippen LogP contribution in [0, 0.1) is 0 Å². The average Bonchev–Trinajstić information content (AvgIpc) is 3.22. The monoisotopic (exact) mass is 263 g/mol. The zero-order valence-corrected chi connectivity index (χ0v) is 10.8. The zero-order chi connectivity index (χ0) is 13.7. The van der Waals surface area contributed by atoms with Crippen molar-refractivity contribution >= 4 is 17.6 Å². The lowest BCUT2D eigenvalue weighted by Crippen LogP contribution is -2.27. The molecule has 6 nitrogen and oxygen atoms in total. The number of carbonyl (C=O) groups is 2. The van der Waals surface area contributed by atoms with E-state index in [2.05, 4.69) is 20.4 Å². The molecule has 0 aliphatic heterocycles. The molecule has 0 unspecified atom stereocenters. The minimum atomic E-state index is -0.477. The first-order valence-electron chi connectivity index (χ1n) is 6.26. The fourth-order valence-corrected chi connectivity index (χ4v) is 1.60. The summed E-state index contributed by atoms with van der Waals surface area (Å²) in [6, 6.07) is 3.73. The van der Waals surface area contributed by atoms with E-state index in [0.717, 1.165) is 18.5 Å². The van der Waals surface area contributed by atoms with Crippen LogP contribution in [0.1, 0.15) is 29.8 Å². The molecule has 1 aliphatic rings. The van der Waals surface area contributed by atoms with Gasteiger partial charge in [0.15, 0.2) is 0 Å². The van der Waals surface area contributed by atoms with Crippen LogP contribution in [0.15, 0.2) is 18.3 Å². The third kappa shape index (κ3) is 4.24. The van der Waals surface area contributed by atoms with Crippen LogP contribution >= 0.6 is 0 Å². The molecule has 1 amide bonds. The molecule has 1 aromatic rings. The van der Waals surface area contributed by atoms with Crippen molar-refractivity contribution in [2.75, 3.05) is 19.0 Å². The van der Waals surface area contributed by atoms with Crippen LogP contribution in [-0.2, 0) is 9.53 Å². The summed E-state index contributed by atoms with van der Waals surface area (Å²) in [5.74, 6) is -0.424. The van der Waals surface area contributed by atoms with E-state index in [4.69, 9.17) is 0 Å². The van der Waals surface area contributed by atoms with Gasteiger partial charge in [0, 0.05) is 30.9 Å². The van der Waals surface area contributed by atoms with Crippen LogP contribution in [0.3, 0.4) is 0 Å². The van der Waals surface area contributed by atoms with Crippen molar-refractivity contribution in [2.24, 2.45) is 0 Å². The minimum Gasteiger partial charge on any atom is -0.464 e. The molecule has 1 aromatic heterocycles. The maximum Gasteiger partial charge on any atom is 0.356 e. The molecule has 0 atom stereocenters. The van der Waals surface area contributed by atoms with E-state index >= 15 is 0 Å². The molecule has 2 rings (SSSR count). The van der Waals surface area contributed by atoms with Gasteiger partial charge in [-0.3, -0.25) is 4.79 Å². The Hall–Kier alpha value is -2.11. The van der Waals surface area contributed by atoms with E-state index in [1.54, 1.807) is 12.1 Å². The highest BCUT2D eigenvalue weighted by molar-refractivity contribution is 5.88. The summed E-state index contributed by atoms with van der Waals surface area (Å²) >= 11 is 0. The fourth-order valence-electron chi connectivity index (χ4n) is 1.60. The van der Waals surface area contributed by atoms with Crippen LogP contribution in [0.2, 0.25) is 0 Å². The quantitative estimate of drug-likeness (QED) is 0.747. The number of carbonyl (C=O) groups excluding carboxylic acids is 2. The lowest BCUT2D eigenvalue weighted by molar-refractivity contribution is -0.120. The number of hydrogen-bond donors (Lipinski definition) is 2. The molecular weight excluding hydrogens is 246 g/mol. The third-order valence-electron chi connectivity index (χ3n) is 2.78. The minimum absolute atomic E-state index is 0.0530. The number of anilines is 1. The van der Waals surface area contributed by atoms with Crippen molar-refractivity contribution in [3.8, 4) is 0 Å². The second kappa shape index (κ2) is 6.17. The number of nitrogens with zero attached hydrogens (tertiary/aromatic N) is 1. The molecule has 19 heavy (non-hydrogen) atoms. The highest BCUT2D eigenvalue weighted by Gasteiger charge is 2.22.